The van der Waals surface area contributed by atoms with Crippen molar-refractivity contribution in [2.75, 3.05) is 19.8 Å². The molecule has 3 rings (SSSR count). The van der Waals surface area contributed by atoms with Crippen molar-refractivity contribution in [2.45, 2.75) is 32.4 Å². The van der Waals surface area contributed by atoms with Crippen LogP contribution in [0.4, 0.5) is 0 Å². The van der Waals surface area contributed by atoms with Gasteiger partial charge < -0.3 is 15.0 Å². The monoisotopic (exact) mass is 340 g/mol. The summed E-state index contributed by atoms with van der Waals surface area (Å²) in [4.78, 5) is 25.8. The van der Waals surface area contributed by atoms with Crippen LogP contribution in [0.25, 0.3) is 10.8 Å². The second kappa shape index (κ2) is 7.66. The van der Waals surface area contributed by atoms with Crippen molar-refractivity contribution in [3.63, 3.8) is 0 Å². The van der Waals surface area contributed by atoms with E-state index in [0.29, 0.717) is 13.2 Å². The van der Waals surface area contributed by atoms with Gasteiger partial charge in [-0.3, -0.25) is 9.59 Å². The molecule has 0 aromatic heterocycles. The van der Waals surface area contributed by atoms with Crippen LogP contribution in [0.1, 0.15) is 19.4 Å². The highest BCUT2D eigenvalue weighted by atomic mass is 16.5. The normalized spacial score (nSPS) is 18.8. The van der Waals surface area contributed by atoms with Crippen LogP contribution in [0.5, 0.6) is 0 Å². The van der Waals surface area contributed by atoms with E-state index in [-0.39, 0.29) is 24.5 Å². The molecule has 0 bridgehead atoms. The third-order valence-electron chi connectivity index (χ3n) is 4.58. The van der Waals surface area contributed by atoms with Crippen molar-refractivity contribution in [3.05, 3.63) is 48.0 Å². The Hall–Kier alpha value is -2.40. The van der Waals surface area contributed by atoms with Crippen LogP contribution in [0.2, 0.25) is 0 Å². The van der Waals surface area contributed by atoms with Crippen molar-refractivity contribution >= 4 is 22.6 Å². The summed E-state index contributed by atoms with van der Waals surface area (Å²) in [5.41, 5.74) is 1.18. The minimum atomic E-state index is -0.537. The van der Waals surface area contributed by atoms with Gasteiger partial charge in [-0.15, -0.1) is 0 Å². The average Bonchev–Trinajstić information content (AvgIpc) is 2.61. The maximum atomic E-state index is 12.5. The zero-order valence-electron chi connectivity index (χ0n) is 14.7. The fourth-order valence-electron chi connectivity index (χ4n) is 3.31. The highest BCUT2D eigenvalue weighted by Crippen LogP contribution is 2.17. The van der Waals surface area contributed by atoms with Crippen LogP contribution in [-0.4, -0.2) is 48.6 Å². The van der Waals surface area contributed by atoms with Crippen LogP contribution in [0, 0.1) is 0 Å². The van der Waals surface area contributed by atoms with E-state index in [1.54, 1.807) is 4.90 Å². The Morgan fingerprint density at radius 2 is 2.00 bits per heavy atom. The molecule has 1 saturated heterocycles. The van der Waals surface area contributed by atoms with Gasteiger partial charge in [-0.05, 0) is 29.7 Å². The van der Waals surface area contributed by atoms with Crippen LogP contribution < -0.4 is 5.32 Å². The van der Waals surface area contributed by atoms with Gasteiger partial charge in [-0.1, -0.05) is 42.5 Å². The first-order valence-corrected chi connectivity index (χ1v) is 8.67. The number of amides is 2. The first kappa shape index (κ1) is 17.4. The van der Waals surface area contributed by atoms with Gasteiger partial charge in [0.15, 0.2) is 0 Å². The Morgan fingerprint density at radius 3 is 2.76 bits per heavy atom. The molecule has 0 aliphatic carbocycles. The summed E-state index contributed by atoms with van der Waals surface area (Å²) in [6.45, 7) is 4.68. The van der Waals surface area contributed by atoms with Gasteiger partial charge in [-0.2, -0.15) is 0 Å². The summed E-state index contributed by atoms with van der Waals surface area (Å²) >= 11 is 0. The molecular weight excluding hydrogens is 316 g/mol. The number of rotatable bonds is 4. The number of hydrogen-bond acceptors (Lipinski definition) is 3. The van der Waals surface area contributed by atoms with Gasteiger partial charge in [0.2, 0.25) is 11.8 Å². The zero-order chi connectivity index (χ0) is 17.8. The van der Waals surface area contributed by atoms with Crippen molar-refractivity contribution in [2.24, 2.45) is 0 Å². The Balaban J connectivity index is 1.63. The molecule has 0 unspecified atom stereocenters. The average molecular weight is 340 g/mol. The predicted octanol–water partition coefficient (Wildman–Crippen LogP) is 2.13. The fraction of sp³-hybridized carbons (Fsp3) is 0.400. The Labute approximate surface area is 148 Å². The molecule has 25 heavy (non-hydrogen) atoms. The molecule has 5 heteroatoms. The van der Waals surface area contributed by atoms with E-state index >= 15 is 0 Å². The molecule has 1 fully saturated rings. The third-order valence-corrected chi connectivity index (χ3v) is 4.58. The molecule has 132 valence electrons. The first-order chi connectivity index (χ1) is 12.0. The lowest BCUT2D eigenvalue weighted by Gasteiger charge is -2.34. The predicted molar refractivity (Wildman–Crippen MR) is 97.3 cm³/mol. The number of nitrogens with one attached hydrogen (secondary N) is 1. The molecule has 1 N–H and O–H groups in total. The number of ether oxygens (including phenoxy) is 1. The molecule has 2 atom stereocenters. The minimum Gasteiger partial charge on any atom is -0.377 e. The van der Waals surface area contributed by atoms with Gasteiger partial charge in [0.1, 0.15) is 6.04 Å². The highest BCUT2D eigenvalue weighted by Gasteiger charge is 2.31. The van der Waals surface area contributed by atoms with E-state index in [1.807, 2.05) is 19.1 Å². The summed E-state index contributed by atoms with van der Waals surface area (Å²) in [6.07, 6.45) is 0.740. The third kappa shape index (κ3) is 4.17. The van der Waals surface area contributed by atoms with Crippen LogP contribution >= 0.6 is 0 Å². The molecule has 1 aliphatic heterocycles. The second-order valence-corrected chi connectivity index (χ2v) is 6.60. The van der Waals surface area contributed by atoms with Crippen LogP contribution in [0.15, 0.2) is 42.5 Å². The summed E-state index contributed by atoms with van der Waals surface area (Å²) in [5.74, 6) is -0.242. The standard InChI is InChI=1S/C20H24N2O3/c1-14(11-16-7-8-17-5-3-4-6-18(17)12-16)21-20(24)19-13-25-10-9-22(19)15(2)23/h3-8,12,14,19H,9-11,13H2,1-2H3,(H,21,24)/t14-,19-/m1/s1. The van der Waals surface area contributed by atoms with Crippen molar-refractivity contribution in [1.82, 2.24) is 10.2 Å². The van der Waals surface area contributed by atoms with Gasteiger partial charge >= 0.3 is 0 Å². The first-order valence-electron chi connectivity index (χ1n) is 8.67. The molecule has 2 amide bonds. The molecule has 5 nitrogen and oxygen atoms in total. The maximum Gasteiger partial charge on any atom is 0.245 e. The van der Waals surface area contributed by atoms with Gasteiger partial charge in [-0.25, -0.2) is 0 Å². The van der Waals surface area contributed by atoms with Gasteiger partial charge in [0.05, 0.1) is 13.2 Å². The van der Waals surface area contributed by atoms with Crippen molar-refractivity contribution in [3.8, 4) is 0 Å². The highest BCUT2D eigenvalue weighted by molar-refractivity contribution is 5.87. The summed E-state index contributed by atoms with van der Waals surface area (Å²) in [5, 5.41) is 5.42. The lowest BCUT2D eigenvalue weighted by atomic mass is 10.0. The fourth-order valence-corrected chi connectivity index (χ4v) is 3.31. The van der Waals surface area contributed by atoms with E-state index in [4.69, 9.17) is 4.74 Å². The van der Waals surface area contributed by atoms with Crippen molar-refractivity contribution in [1.29, 1.82) is 0 Å². The van der Waals surface area contributed by atoms with E-state index in [2.05, 4.69) is 35.6 Å². The largest absolute Gasteiger partial charge is 0.377 e. The van der Waals surface area contributed by atoms with Gasteiger partial charge in [0.25, 0.3) is 0 Å². The lowest BCUT2D eigenvalue weighted by Crippen LogP contribution is -2.56. The maximum absolute atomic E-state index is 12.5. The molecule has 2 aromatic rings. The van der Waals surface area contributed by atoms with Crippen LogP contribution in [-0.2, 0) is 20.7 Å². The molecule has 1 aliphatic rings. The zero-order valence-corrected chi connectivity index (χ0v) is 14.7. The summed E-state index contributed by atoms with van der Waals surface area (Å²) < 4.78 is 5.38. The number of morpholine rings is 1. The second-order valence-electron chi connectivity index (χ2n) is 6.60. The van der Waals surface area contributed by atoms with E-state index in [1.165, 1.54) is 23.3 Å². The van der Waals surface area contributed by atoms with E-state index in [9.17, 15) is 9.59 Å². The minimum absolute atomic E-state index is 0.0237. The number of carbonyl (C=O) groups excluding carboxylic acids is 2. The number of carbonyl (C=O) groups is 2. The number of nitrogens with zero attached hydrogens (tertiary/aromatic N) is 1. The van der Waals surface area contributed by atoms with Crippen molar-refractivity contribution < 1.29 is 14.3 Å². The Bertz CT molecular complexity index is 774. The van der Waals surface area contributed by atoms with E-state index in [0.717, 1.165) is 6.42 Å². The van der Waals surface area contributed by atoms with Crippen LogP contribution in [0.3, 0.4) is 0 Å². The molecule has 0 spiro atoms. The summed E-state index contributed by atoms with van der Waals surface area (Å²) in [7, 11) is 0. The SMILES string of the molecule is CC(=O)N1CCOC[C@@H]1C(=O)N[C@H](C)Cc1ccc2ccccc2c1. The quantitative estimate of drug-likeness (QED) is 0.928. The van der Waals surface area contributed by atoms with E-state index < -0.39 is 6.04 Å². The smallest absolute Gasteiger partial charge is 0.245 e. The summed E-state index contributed by atoms with van der Waals surface area (Å²) in [6, 6.07) is 14.0. The number of fused-ring (bicyclic) bond motifs is 1. The number of benzene rings is 2. The van der Waals surface area contributed by atoms with Gasteiger partial charge in [0, 0.05) is 19.5 Å². The Morgan fingerprint density at radius 1 is 1.24 bits per heavy atom. The molecule has 2 aromatic carbocycles. The molecule has 0 saturated carbocycles. The Kier molecular flexibility index (Phi) is 5.34. The molecule has 1 heterocycles. The topological polar surface area (TPSA) is 58.6 Å². The number of hydrogen-bond donors (Lipinski definition) is 1. The molecule has 0 radical (unpaired) electrons. The molecular formula is C20H24N2O3. The lowest BCUT2D eigenvalue weighted by molar-refractivity contribution is -0.147.